The maximum Gasteiger partial charge on any atom is 0.335 e. The zero-order valence-corrected chi connectivity index (χ0v) is 18.1. The van der Waals surface area contributed by atoms with Gasteiger partial charge in [-0.25, -0.2) is 4.79 Å². The molecular formula is C23H26BrNO3. The third-order valence-electron chi connectivity index (χ3n) is 5.34. The fraction of sp³-hybridized carbons (Fsp3) is 0.348. The van der Waals surface area contributed by atoms with Crippen molar-refractivity contribution >= 4 is 32.8 Å². The van der Waals surface area contributed by atoms with Crippen molar-refractivity contribution in [1.29, 1.82) is 0 Å². The molecule has 3 aromatic rings. The molecule has 1 aromatic heterocycles. The van der Waals surface area contributed by atoms with Gasteiger partial charge in [-0.05, 0) is 55.3 Å². The van der Waals surface area contributed by atoms with E-state index in [0.717, 1.165) is 51.8 Å². The smallest absolute Gasteiger partial charge is 0.335 e. The molecule has 1 heterocycles. The molecule has 0 bridgehead atoms. The molecule has 0 fully saturated rings. The van der Waals surface area contributed by atoms with Crippen molar-refractivity contribution in [3.63, 3.8) is 0 Å². The number of carbonyl (C=O) groups is 1. The number of aryl methyl sites for hydroxylation is 1. The first-order valence-corrected chi connectivity index (χ1v) is 10.5. The SMILES string of the molecule is CCC(CC)COc1ccc(Br)cc1Cn1c(C)cc2cc(C(=O)O)ccc21. The van der Waals surface area contributed by atoms with Crippen molar-refractivity contribution in [2.75, 3.05) is 6.61 Å². The maximum absolute atomic E-state index is 11.3. The molecule has 0 aliphatic carbocycles. The summed E-state index contributed by atoms with van der Waals surface area (Å²) in [4.78, 5) is 11.3. The summed E-state index contributed by atoms with van der Waals surface area (Å²) in [5, 5.41) is 10.2. The largest absolute Gasteiger partial charge is 0.493 e. The predicted octanol–water partition coefficient (Wildman–Crippen LogP) is 6.27. The highest BCUT2D eigenvalue weighted by atomic mass is 79.9. The van der Waals surface area contributed by atoms with Crippen LogP contribution in [0, 0.1) is 12.8 Å². The van der Waals surface area contributed by atoms with Crippen LogP contribution in [0.3, 0.4) is 0 Å². The Hall–Kier alpha value is -2.27. The van der Waals surface area contributed by atoms with Crippen molar-refractivity contribution in [2.24, 2.45) is 5.92 Å². The molecule has 0 spiro atoms. The first kappa shape index (κ1) is 20.5. The van der Waals surface area contributed by atoms with Crippen LogP contribution in [0.4, 0.5) is 0 Å². The Morgan fingerprint density at radius 2 is 1.89 bits per heavy atom. The van der Waals surface area contributed by atoms with Crippen LogP contribution in [0.5, 0.6) is 5.75 Å². The van der Waals surface area contributed by atoms with Gasteiger partial charge >= 0.3 is 5.97 Å². The number of rotatable bonds is 8. The van der Waals surface area contributed by atoms with Crippen LogP contribution in [0.15, 0.2) is 46.9 Å². The van der Waals surface area contributed by atoms with E-state index in [9.17, 15) is 9.90 Å². The van der Waals surface area contributed by atoms with Crippen LogP contribution in [0.2, 0.25) is 0 Å². The molecule has 4 nitrogen and oxygen atoms in total. The van der Waals surface area contributed by atoms with Crippen LogP contribution in [-0.2, 0) is 6.54 Å². The molecular weight excluding hydrogens is 418 g/mol. The summed E-state index contributed by atoms with van der Waals surface area (Å²) in [7, 11) is 0. The summed E-state index contributed by atoms with van der Waals surface area (Å²) in [6.07, 6.45) is 2.21. The molecule has 0 aliphatic heterocycles. The van der Waals surface area contributed by atoms with Crippen LogP contribution >= 0.6 is 15.9 Å². The van der Waals surface area contributed by atoms with Crippen LogP contribution in [-0.4, -0.2) is 22.2 Å². The minimum absolute atomic E-state index is 0.307. The van der Waals surface area contributed by atoms with E-state index in [0.29, 0.717) is 18.0 Å². The Morgan fingerprint density at radius 3 is 2.57 bits per heavy atom. The average Bonchev–Trinajstić information content (AvgIpc) is 2.98. The second kappa shape index (κ2) is 8.82. The van der Waals surface area contributed by atoms with Gasteiger partial charge in [0.15, 0.2) is 0 Å². The fourth-order valence-corrected chi connectivity index (χ4v) is 3.88. The number of hydrogen-bond donors (Lipinski definition) is 1. The van der Waals surface area contributed by atoms with Crippen LogP contribution < -0.4 is 4.74 Å². The van der Waals surface area contributed by atoms with E-state index in [-0.39, 0.29) is 0 Å². The molecule has 2 aromatic carbocycles. The third kappa shape index (κ3) is 4.41. The molecule has 0 radical (unpaired) electrons. The monoisotopic (exact) mass is 443 g/mol. The quantitative estimate of drug-likeness (QED) is 0.445. The fourth-order valence-electron chi connectivity index (χ4n) is 3.47. The first-order valence-electron chi connectivity index (χ1n) is 9.67. The van der Waals surface area contributed by atoms with Gasteiger partial charge in [0.2, 0.25) is 0 Å². The van der Waals surface area contributed by atoms with E-state index in [1.807, 2.05) is 31.2 Å². The lowest BCUT2D eigenvalue weighted by atomic mass is 10.1. The van der Waals surface area contributed by atoms with Gasteiger partial charge in [0, 0.05) is 26.6 Å². The minimum Gasteiger partial charge on any atom is -0.493 e. The maximum atomic E-state index is 11.3. The van der Waals surface area contributed by atoms with Crippen molar-refractivity contribution in [3.05, 3.63) is 63.8 Å². The molecule has 0 amide bonds. The highest BCUT2D eigenvalue weighted by Gasteiger charge is 2.13. The number of carboxylic acids is 1. The number of fused-ring (bicyclic) bond motifs is 1. The molecule has 28 heavy (non-hydrogen) atoms. The van der Waals surface area contributed by atoms with Gasteiger partial charge in [-0.1, -0.05) is 42.6 Å². The van der Waals surface area contributed by atoms with Crippen molar-refractivity contribution in [1.82, 2.24) is 4.57 Å². The van der Waals surface area contributed by atoms with Crippen LogP contribution in [0.1, 0.15) is 48.3 Å². The number of nitrogens with zero attached hydrogens (tertiary/aromatic N) is 1. The molecule has 5 heteroatoms. The van der Waals surface area contributed by atoms with Crippen LogP contribution in [0.25, 0.3) is 10.9 Å². The molecule has 0 atom stereocenters. The molecule has 3 rings (SSSR count). The zero-order valence-electron chi connectivity index (χ0n) is 16.5. The van der Waals surface area contributed by atoms with Crippen molar-refractivity contribution in [3.8, 4) is 5.75 Å². The van der Waals surface area contributed by atoms with Gasteiger partial charge in [-0.15, -0.1) is 0 Å². The van der Waals surface area contributed by atoms with Gasteiger partial charge in [-0.2, -0.15) is 0 Å². The van der Waals surface area contributed by atoms with E-state index in [1.54, 1.807) is 12.1 Å². The van der Waals surface area contributed by atoms with Crippen molar-refractivity contribution in [2.45, 2.75) is 40.2 Å². The first-order chi connectivity index (χ1) is 13.4. The summed E-state index contributed by atoms with van der Waals surface area (Å²) >= 11 is 3.57. The number of ether oxygens (including phenoxy) is 1. The molecule has 1 N–H and O–H groups in total. The Kier molecular flexibility index (Phi) is 6.45. The van der Waals surface area contributed by atoms with Gasteiger partial charge < -0.3 is 14.4 Å². The molecule has 0 aliphatic rings. The van der Waals surface area contributed by atoms with E-state index in [4.69, 9.17) is 4.74 Å². The topological polar surface area (TPSA) is 51.5 Å². The summed E-state index contributed by atoms with van der Waals surface area (Å²) in [5.41, 5.74) is 3.52. The van der Waals surface area contributed by atoms with Gasteiger partial charge in [0.1, 0.15) is 5.75 Å². The second-order valence-corrected chi connectivity index (χ2v) is 8.11. The normalized spacial score (nSPS) is 11.3. The van der Waals surface area contributed by atoms with Gasteiger partial charge in [-0.3, -0.25) is 0 Å². The number of aromatic nitrogens is 1. The van der Waals surface area contributed by atoms with Gasteiger partial charge in [0.05, 0.1) is 18.7 Å². The number of aromatic carboxylic acids is 1. The summed E-state index contributed by atoms with van der Waals surface area (Å²) < 4.78 is 9.39. The summed E-state index contributed by atoms with van der Waals surface area (Å²) in [5.74, 6) is 0.551. The third-order valence-corrected chi connectivity index (χ3v) is 5.83. The summed E-state index contributed by atoms with van der Waals surface area (Å²) in [6, 6.07) is 13.4. The van der Waals surface area contributed by atoms with Gasteiger partial charge in [0.25, 0.3) is 0 Å². The lowest BCUT2D eigenvalue weighted by molar-refractivity contribution is 0.0697. The minimum atomic E-state index is -0.906. The number of carboxylic acid groups (broad SMARTS) is 1. The number of hydrogen-bond acceptors (Lipinski definition) is 2. The lowest BCUT2D eigenvalue weighted by Crippen LogP contribution is -2.12. The molecule has 0 saturated heterocycles. The van der Waals surface area contributed by atoms with E-state index >= 15 is 0 Å². The average molecular weight is 444 g/mol. The standard InChI is InChI=1S/C23H26BrNO3/c1-4-16(5-2)14-28-22-9-7-20(24)12-19(22)13-25-15(3)10-18-11-17(23(26)27)6-8-21(18)25/h6-12,16H,4-5,13-14H2,1-3H3,(H,26,27). The predicted molar refractivity (Wildman–Crippen MR) is 116 cm³/mol. The molecule has 0 saturated carbocycles. The lowest BCUT2D eigenvalue weighted by Gasteiger charge is -2.18. The van der Waals surface area contributed by atoms with E-state index in [2.05, 4.69) is 40.4 Å². The Balaban J connectivity index is 1.94. The summed E-state index contributed by atoms with van der Waals surface area (Å²) in [6.45, 7) is 7.82. The molecule has 148 valence electrons. The second-order valence-electron chi connectivity index (χ2n) is 7.20. The Morgan fingerprint density at radius 1 is 1.14 bits per heavy atom. The zero-order chi connectivity index (χ0) is 20.3. The van der Waals surface area contributed by atoms with E-state index in [1.165, 1.54) is 0 Å². The molecule has 0 unspecified atom stereocenters. The highest BCUT2D eigenvalue weighted by Crippen LogP contribution is 2.28. The number of halogens is 1. The number of benzene rings is 2. The highest BCUT2D eigenvalue weighted by molar-refractivity contribution is 9.10. The van der Waals surface area contributed by atoms with Crippen molar-refractivity contribution < 1.29 is 14.6 Å². The van der Waals surface area contributed by atoms with E-state index < -0.39 is 5.97 Å². The Labute approximate surface area is 174 Å². The Bertz CT molecular complexity index is 989.